The molecule has 0 aliphatic rings. The number of hydrogen-bond donors (Lipinski definition) is 1. The summed E-state index contributed by atoms with van der Waals surface area (Å²) in [5, 5.41) is 8.64. The van der Waals surface area contributed by atoms with Crippen LogP contribution in [0.1, 0.15) is 12.0 Å². The first kappa shape index (κ1) is 15.0. The molecule has 6 heteroatoms. The second-order valence-corrected chi connectivity index (χ2v) is 7.04. The summed E-state index contributed by atoms with van der Waals surface area (Å²) in [6, 6.07) is 7.97. The van der Waals surface area contributed by atoms with Gasteiger partial charge >= 0.3 is 0 Å². The molecule has 0 fully saturated rings. The third kappa shape index (κ3) is 4.69. The van der Waals surface area contributed by atoms with Gasteiger partial charge in [-0.15, -0.1) is 0 Å². The van der Waals surface area contributed by atoms with Gasteiger partial charge in [0.05, 0.1) is 22.3 Å². The highest BCUT2D eigenvalue weighted by Crippen LogP contribution is 2.14. The van der Waals surface area contributed by atoms with E-state index in [1.54, 1.807) is 11.8 Å². The maximum atomic E-state index is 11.9. The van der Waals surface area contributed by atoms with Crippen molar-refractivity contribution in [3.63, 3.8) is 0 Å². The van der Waals surface area contributed by atoms with Crippen molar-refractivity contribution in [2.24, 2.45) is 5.73 Å². The summed E-state index contributed by atoms with van der Waals surface area (Å²) in [5.74, 6) is 1.58. The number of sulfone groups is 1. The van der Waals surface area contributed by atoms with Crippen LogP contribution in [-0.4, -0.2) is 32.2 Å². The van der Waals surface area contributed by atoms with Crippen LogP contribution in [0.15, 0.2) is 29.2 Å². The molecule has 1 aromatic carbocycles. The maximum absolute atomic E-state index is 11.9. The monoisotopic (exact) mass is 284 g/mol. The van der Waals surface area contributed by atoms with Crippen LogP contribution in [0.5, 0.6) is 0 Å². The molecule has 18 heavy (non-hydrogen) atoms. The summed E-state index contributed by atoms with van der Waals surface area (Å²) >= 11 is 1.60. The van der Waals surface area contributed by atoms with Gasteiger partial charge in [-0.05, 0) is 43.0 Å². The maximum Gasteiger partial charge on any atom is 0.179 e. The lowest BCUT2D eigenvalue weighted by Crippen LogP contribution is -2.09. The van der Waals surface area contributed by atoms with Crippen molar-refractivity contribution in [3.05, 3.63) is 29.8 Å². The molecular formula is C12H16N2O2S2. The zero-order valence-corrected chi connectivity index (χ0v) is 11.6. The Morgan fingerprint density at radius 2 is 1.89 bits per heavy atom. The molecule has 0 radical (unpaired) electrons. The van der Waals surface area contributed by atoms with Gasteiger partial charge in [-0.2, -0.15) is 17.0 Å². The van der Waals surface area contributed by atoms with Gasteiger partial charge in [0.2, 0.25) is 0 Å². The molecule has 98 valence electrons. The summed E-state index contributed by atoms with van der Waals surface area (Å²) in [6.07, 6.45) is 0.904. The molecule has 0 saturated carbocycles. The van der Waals surface area contributed by atoms with Gasteiger partial charge in [0.1, 0.15) is 0 Å². The Morgan fingerprint density at radius 1 is 1.22 bits per heavy atom. The van der Waals surface area contributed by atoms with E-state index in [1.165, 1.54) is 24.3 Å². The second-order valence-electron chi connectivity index (χ2n) is 3.71. The highest BCUT2D eigenvalue weighted by Gasteiger charge is 2.13. The number of rotatable bonds is 7. The van der Waals surface area contributed by atoms with Gasteiger partial charge in [0.15, 0.2) is 9.84 Å². The van der Waals surface area contributed by atoms with Crippen LogP contribution in [0.25, 0.3) is 0 Å². The molecule has 0 atom stereocenters. The average Bonchev–Trinajstić information content (AvgIpc) is 2.38. The Labute approximate surface area is 112 Å². The third-order valence-electron chi connectivity index (χ3n) is 2.33. The number of thioether (sulfide) groups is 1. The summed E-state index contributed by atoms with van der Waals surface area (Å²) in [4.78, 5) is 0.279. The number of benzene rings is 1. The van der Waals surface area contributed by atoms with E-state index < -0.39 is 9.84 Å². The second kappa shape index (κ2) is 7.41. The first-order valence-corrected chi connectivity index (χ1v) is 8.41. The largest absolute Gasteiger partial charge is 0.330 e. The van der Waals surface area contributed by atoms with E-state index in [4.69, 9.17) is 11.0 Å². The van der Waals surface area contributed by atoms with Crippen molar-refractivity contribution in [2.75, 3.05) is 23.8 Å². The highest BCUT2D eigenvalue weighted by molar-refractivity contribution is 8.00. The fraction of sp³-hybridized carbons (Fsp3) is 0.417. The van der Waals surface area contributed by atoms with Crippen LogP contribution < -0.4 is 5.73 Å². The summed E-state index contributed by atoms with van der Waals surface area (Å²) in [7, 11) is -3.23. The SMILES string of the molecule is N#Cc1ccc(S(=O)(=O)CCSCCCN)cc1. The van der Waals surface area contributed by atoms with Gasteiger partial charge in [0, 0.05) is 5.75 Å². The first-order valence-electron chi connectivity index (χ1n) is 5.61. The normalized spacial score (nSPS) is 11.1. The molecule has 0 bridgehead atoms. The Kier molecular flexibility index (Phi) is 6.19. The van der Waals surface area contributed by atoms with Crippen molar-refractivity contribution < 1.29 is 8.42 Å². The number of nitrogens with zero attached hydrogens (tertiary/aromatic N) is 1. The quantitative estimate of drug-likeness (QED) is 0.765. The predicted octanol–water partition coefficient (Wildman–Crippen LogP) is 1.41. The first-order chi connectivity index (χ1) is 8.60. The third-order valence-corrected chi connectivity index (χ3v) is 5.39. The standard InChI is InChI=1S/C12H16N2O2S2/c13-6-1-7-17-8-9-18(15,16)12-4-2-11(10-14)3-5-12/h2-5H,1,6-9,13H2. The molecule has 4 nitrogen and oxygen atoms in total. The molecule has 2 N–H and O–H groups in total. The van der Waals surface area contributed by atoms with Crippen molar-refractivity contribution in [2.45, 2.75) is 11.3 Å². The molecule has 0 heterocycles. The van der Waals surface area contributed by atoms with E-state index in [-0.39, 0.29) is 10.6 Å². The average molecular weight is 284 g/mol. The van der Waals surface area contributed by atoms with E-state index in [0.29, 0.717) is 17.9 Å². The fourth-order valence-electron chi connectivity index (χ4n) is 1.31. The Bertz CT molecular complexity index is 504. The van der Waals surface area contributed by atoms with Crippen molar-refractivity contribution in [3.8, 4) is 6.07 Å². The van der Waals surface area contributed by atoms with Crippen LogP contribution in [0.4, 0.5) is 0 Å². The molecule has 0 aliphatic heterocycles. The Balaban J connectivity index is 2.55. The van der Waals surface area contributed by atoms with Crippen molar-refractivity contribution >= 4 is 21.6 Å². The minimum atomic E-state index is -3.23. The Morgan fingerprint density at radius 3 is 2.44 bits per heavy atom. The molecular weight excluding hydrogens is 268 g/mol. The lowest BCUT2D eigenvalue weighted by molar-refractivity contribution is 0.597. The van der Waals surface area contributed by atoms with Gasteiger partial charge in [-0.3, -0.25) is 0 Å². The van der Waals surface area contributed by atoms with E-state index in [0.717, 1.165) is 12.2 Å². The van der Waals surface area contributed by atoms with Crippen molar-refractivity contribution in [1.82, 2.24) is 0 Å². The van der Waals surface area contributed by atoms with Crippen LogP contribution in [0, 0.1) is 11.3 Å². The van der Waals surface area contributed by atoms with Crippen LogP contribution in [0.3, 0.4) is 0 Å². The zero-order chi connectivity index (χ0) is 13.4. The van der Waals surface area contributed by atoms with Crippen molar-refractivity contribution in [1.29, 1.82) is 5.26 Å². The fourth-order valence-corrected chi connectivity index (χ4v) is 4.02. The smallest absolute Gasteiger partial charge is 0.179 e. The molecule has 0 unspecified atom stereocenters. The van der Waals surface area contributed by atoms with Gasteiger partial charge in [-0.1, -0.05) is 0 Å². The molecule has 0 aliphatic carbocycles. The van der Waals surface area contributed by atoms with Gasteiger partial charge < -0.3 is 5.73 Å². The van der Waals surface area contributed by atoms with E-state index in [1.807, 2.05) is 6.07 Å². The van der Waals surface area contributed by atoms with E-state index >= 15 is 0 Å². The zero-order valence-electron chi connectivity index (χ0n) is 10.0. The molecule has 1 rings (SSSR count). The Hall–Kier alpha value is -1.03. The van der Waals surface area contributed by atoms with E-state index in [2.05, 4.69) is 0 Å². The number of nitriles is 1. The molecule has 1 aromatic rings. The molecule has 0 aromatic heterocycles. The summed E-state index contributed by atoms with van der Waals surface area (Å²) < 4.78 is 23.9. The minimum absolute atomic E-state index is 0.119. The molecule has 0 amide bonds. The summed E-state index contributed by atoms with van der Waals surface area (Å²) in [5.41, 5.74) is 5.82. The number of hydrogen-bond acceptors (Lipinski definition) is 5. The van der Waals surface area contributed by atoms with Gasteiger partial charge in [-0.25, -0.2) is 8.42 Å². The molecule has 0 spiro atoms. The van der Waals surface area contributed by atoms with Crippen LogP contribution >= 0.6 is 11.8 Å². The van der Waals surface area contributed by atoms with Crippen LogP contribution in [-0.2, 0) is 9.84 Å². The lowest BCUT2D eigenvalue weighted by atomic mass is 10.2. The highest BCUT2D eigenvalue weighted by atomic mass is 32.2. The van der Waals surface area contributed by atoms with Gasteiger partial charge in [0.25, 0.3) is 0 Å². The summed E-state index contributed by atoms with van der Waals surface area (Å²) in [6.45, 7) is 0.634. The minimum Gasteiger partial charge on any atom is -0.330 e. The lowest BCUT2D eigenvalue weighted by Gasteiger charge is -2.04. The van der Waals surface area contributed by atoms with Crippen LogP contribution in [0.2, 0.25) is 0 Å². The van der Waals surface area contributed by atoms with E-state index in [9.17, 15) is 8.42 Å². The topological polar surface area (TPSA) is 84.0 Å². The predicted molar refractivity (Wildman–Crippen MR) is 74.2 cm³/mol. The molecule has 0 saturated heterocycles. The number of nitrogens with two attached hydrogens (primary N) is 1.